The number of alkyl halides is 3. The second-order valence-electron chi connectivity index (χ2n) is 4.29. The number of aromatic nitrogens is 1. The first-order chi connectivity index (χ1) is 9.45. The highest BCUT2D eigenvalue weighted by atomic mass is 19.4. The Kier molecular flexibility index (Phi) is 2.67. The Morgan fingerprint density at radius 3 is 2.50 bits per heavy atom. The first-order valence-electron chi connectivity index (χ1n) is 5.78. The summed E-state index contributed by atoms with van der Waals surface area (Å²) in [6.45, 7) is 0. The van der Waals surface area contributed by atoms with Crippen LogP contribution in [0.2, 0.25) is 0 Å². The maximum Gasteiger partial charge on any atom is 0.416 e. The van der Waals surface area contributed by atoms with Crippen LogP contribution in [-0.2, 0) is 6.18 Å². The molecule has 1 aromatic heterocycles. The van der Waals surface area contributed by atoms with Crippen molar-refractivity contribution in [2.75, 3.05) is 5.73 Å². The van der Waals surface area contributed by atoms with Crippen molar-refractivity contribution in [2.24, 2.45) is 0 Å². The van der Waals surface area contributed by atoms with E-state index < -0.39 is 11.7 Å². The molecule has 2 N–H and O–H groups in total. The van der Waals surface area contributed by atoms with Gasteiger partial charge in [0.25, 0.3) is 0 Å². The molecule has 2 aromatic carbocycles. The third kappa shape index (κ3) is 2.09. The molecule has 6 heteroatoms. The van der Waals surface area contributed by atoms with Gasteiger partial charge in [-0.2, -0.15) is 13.2 Å². The molecule has 1 heterocycles. The van der Waals surface area contributed by atoms with Crippen molar-refractivity contribution < 1.29 is 17.6 Å². The molecule has 0 aliphatic rings. The minimum absolute atomic E-state index is 0.0785. The quantitative estimate of drug-likeness (QED) is 0.682. The van der Waals surface area contributed by atoms with Crippen molar-refractivity contribution in [1.29, 1.82) is 0 Å². The topological polar surface area (TPSA) is 52.0 Å². The van der Waals surface area contributed by atoms with Gasteiger partial charge in [-0.1, -0.05) is 12.1 Å². The van der Waals surface area contributed by atoms with E-state index in [1.54, 1.807) is 24.3 Å². The summed E-state index contributed by atoms with van der Waals surface area (Å²) in [5.74, 6) is 0.0785. The Hall–Kier alpha value is -2.50. The summed E-state index contributed by atoms with van der Waals surface area (Å²) in [4.78, 5) is 4.15. The van der Waals surface area contributed by atoms with E-state index in [0.717, 1.165) is 12.1 Å². The fourth-order valence-electron chi connectivity index (χ4n) is 1.91. The molecule has 20 heavy (non-hydrogen) atoms. The molecule has 3 aromatic rings. The van der Waals surface area contributed by atoms with E-state index in [4.69, 9.17) is 10.2 Å². The number of nitrogen functional groups attached to an aromatic ring is 1. The summed E-state index contributed by atoms with van der Waals surface area (Å²) < 4.78 is 43.6. The van der Waals surface area contributed by atoms with E-state index in [-0.39, 0.29) is 17.1 Å². The van der Waals surface area contributed by atoms with Crippen molar-refractivity contribution in [1.82, 2.24) is 4.98 Å². The van der Waals surface area contributed by atoms with Crippen LogP contribution in [0.4, 0.5) is 18.9 Å². The summed E-state index contributed by atoms with van der Waals surface area (Å²) >= 11 is 0. The zero-order valence-electron chi connectivity index (χ0n) is 10.1. The van der Waals surface area contributed by atoms with Crippen LogP contribution >= 0.6 is 0 Å². The molecule has 0 saturated heterocycles. The summed E-state index contributed by atoms with van der Waals surface area (Å²) in [6, 6.07) is 10.0. The minimum atomic E-state index is -4.44. The van der Waals surface area contributed by atoms with Gasteiger partial charge >= 0.3 is 6.18 Å². The number of rotatable bonds is 1. The second-order valence-corrected chi connectivity index (χ2v) is 4.29. The lowest BCUT2D eigenvalue weighted by atomic mass is 10.1. The van der Waals surface area contributed by atoms with Gasteiger partial charge in [-0.15, -0.1) is 0 Å². The molecule has 0 fully saturated rings. The van der Waals surface area contributed by atoms with E-state index in [9.17, 15) is 13.2 Å². The van der Waals surface area contributed by atoms with Gasteiger partial charge in [0.15, 0.2) is 5.58 Å². The molecule has 0 spiro atoms. The lowest BCUT2D eigenvalue weighted by Gasteiger charge is -2.09. The van der Waals surface area contributed by atoms with Crippen LogP contribution in [0.1, 0.15) is 5.56 Å². The Morgan fingerprint density at radius 1 is 1.05 bits per heavy atom. The molecule has 0 saturated carbocycles. The number of fused-ring (bicyclic) bond motifs is 1. The SMILES string of the molecule is Nc1ccc(C(F)(F)F)cc1-c1nc2ccccc2o1. The maximum atomic E-state index is 12.7. The van der Waals surface area contributed by atoms with Crippen molar-refractivity contribution in [3.05, 3.63) is 48.0 Å². The Bertz CT molecular complexity index is 744. The third-order valence-electron chi connectivity index (χ3n) is 2.90. The minimum Gasteiger partial charge on any atom is -0.436 e. The van der Waals surface area contributed by atoms with Crippen molar-refractivity contribution in [2.45, 2.75) is 6.18 Å². The molecule has 0 amide bonds. The molecule has 3 nitrogen and oxygen atoms in total. The molecule has 0 unspecified atom stereocenters. The highest BCUT2D eigenvalue weighted by molar-refractivity contribution is 5.79. The van der Waals surface area contributed by atoms with Gasteiger partial charge in [-0.3, -0.25) is 0 Å². The zero-order chi connectivity index (χ0) is 14.3. The number of anilines is 1. The second kappa shape index (κ2) is 4.26. The van der Waals surface area contributed by atoms with E-state index in [2.05, 4.69) is 4.98 Å². The van der Waals surface area contributed by atoms with Gasteiger partial charge in [0.2, 0.25) is 5.89 Å². The van der Waals surface area contributed by atoms with Crippen LogP contribution < -0.4 is 5.73 Å². The predicted octanol–water partition coefficient (Wildman–Crippen LogP) is 4.10. The molecule has 0 atom stereocenters. The van der Waals surface area contributed by atoms with Gasteiger partial charge in [0.05, 0.1) is 11.1 Å². The third-order valence-corrected chi connectivity index (χ3v) is 2.90. The van der Waals surface area contributed by atoms with Gasteiger partial charge in [-0.05, 0) is 30.3 Å². The normalized spacial score (nSPS) is 11.9. The smallest absolute Gasteiger partial charge is 0.416 e. The van der Waals surface area contributed by atoms with E-state index in [1.807, 2.05) is 0 Å². The largest absolute Gasteiger partial charge is 0.436 e. The Balaban J connectivity index is 2.17. The number of nitrogens with zero attached hydrogens (tertiary/aromatic N) is 1. The highest BCUT2D eigenvalue weighted by Gasteiger charge is 2.31. The Morgan fingerprint density at radius 2 is 1.80 bits per heavy atom. The number of oxazole rings is 1. The first-order valence-corrected chi connectivity index (χ1v) is 5.78. The summed E-state index contributed by atoms with van der Waals surface area (Å²) in [7, 11) is 0. The maximum absolute atomic E-state index is 12.7. The predicted molar refractivity (Wildman–Crippen MR) is 68.9 cm³/mol. The van der Waals surface area contributed by atoms with Gasteiger partial charge in [0.1, 0.15) is 5.52 Å². The lowest BCUT2D eigenvalue weighted by Crippen LogP contribution is -2.05. The van der Waals surface area contributed by atoms with Crippen LogP contribution in [0.25, 0.3) is 22.6 Å². The van der Waals surface area contributed by atoms with E-state index in [0.29, 0.717) is 11.1 Å². The number of halogens is 3. The molecule has 3 rings (SSSR count). The van der Waals surface area contributed by atoms with E-state index in [1.165, 1.54) is 6.07 Å². The summed E-state index contributed by atoms with van der Waals surface area (Å²) in [6.07, 6.45) is -4.44. The Labute approximate surface area is 111 Å². The van der Waals surface area contributed by atoms with Crippen LogP contribution in [0.5, 0.6) is 0 Å². The van der Waals surface area contributed by atoms with Crippen LogP contribution in [0.3, 0.4) is 0 Å². The van der Waals surface area contributed by atoms with Crippen molar-refractivity contribution in [3.63, 3.8) is 0 Å². The molecule has 0 aliphatic carbocycles. The summed E-state index contributed by atoms with van der Waals surface area (Å²) in [5, 5.41) is 0. The molecule has 102 valence electrons. The lowest BCUT2D eigenvalue weighted by molar-refractivity contribution is -0.137. The highest BCUT2D eigenvalue weighted by Crippen LogP contribution is 2.35. The molecular weight excluding hydrogens is 269 g/mol. The van der Waals surface area contributed by atoms with Crippen LogP contribution in [-0.4, -0.2) is 4.98 Å². The zero-order valence-corrected chi connectivity index (χ0v) is 10.1. The average molecular weight is 278 g/mol. The summed E-state index contributed by atoms with van der Waals surface area (Å²) in [5.41, 5.74) is 6.32. The average Bonchev–Trinajstić information content (AvgIpc) is 2.81. The number of para-hydroxylation sites is 2. The van der Waals surface area contributed by atoms with E-state index >= 15 is 0 Å². The fourth-order valence-corrected chi connectivity index (χ4v) is 1.91. The fraction of sp³-hybridized carbons (Fsp3) is 0.0714. The standard InChI is InChI=1S/C14H9F3N2O/c15-14(16,17)8-5-6-10(18)9(7-8)13-19-11-3-1-2-4-12(11)20-13/h1-7H,18H2. The van der Waals surface area contributed by atoms with Gasteiger partial charge < -0.3 is 10.2 Å². The first kappa shape index (κ1) is 12.5. The number of nitrogens with two attached hydrogens (primary N) is 1. The van der Waals surface area contributed by atoms with Crippen molar-refractivity contribution in [3.8, 4) is 11.5 Å². The molecule has 0 radical (unpaired) electrons. The van der Waals surface area contributed by atoms with Crippen molar-refractivity contribution >= 4 is 16.8 Å². The molecule has 0 aliphatic heterocycles. The number of benzene rings is 2. The molecule has 0 bridgehead atoms. The number of hydrogen-bond donors (Lipinski definition) is 1. The number of hydrogen-bond acceptors (Lipinski definition) is 3. The van der Waals surface area contributed by atoms with Gasteiger partial charge in [0, 0.05) is 5.69 Å². The van der Waals surface area contributed by atoms with Crippen LogP contribution in [0.15, 0.2) is 46.9 Å². The monoisotopic (exact) mass is 278 g/mol. The van der Waals surface area contributed by atoms with Gasteiger partial charge in [-0.25, -0.2) is 4.98 Å². The van der Waals surface area contributed by atoms with Crippen LogP contribution in [0, 0.1) is 0 Å². The molecular formula is C14H9F3N2O.